The molecule has 1 heterocycles. The van der Waals surface area contributed by atoms with Crippen LogP contribution in [0.15, 0.2) is 24.4 Å². The fraction of sp³-hybridized carbons (Fsp3) is 0.333. The Balaban J connectivity index is 2.25. The lowest BCUT2D eigenvalue weighted by Crippen LogP contribution is -2.40. The van der Waals surface area contributed by atoms with Crippen molar-refractivity contribution in [3.8, 4) is 0 Å². The lowest BCUT2D eigenvalue weighted by Gasteiger charge is -2.19. The fourth-order valence-electron chi connectivity index (χ4n) is 2.24. The van der Waals surface area contributed by atoms with Gasteiger partial charge in [-0.3, -0.25) is 9.59 Å². The predicted octanol–water partition coefficient (Wildman–Crippen LogP) is 1.35. The Kier molecular flexibility index (Phi) is 4.47. The number of rotatable bonds is 5. The highest BCUT2D eigenvalue weighted by molar-refractivity contribution is 6.07. The molecule has 4 N–H and O–H groups in total. The molecule has 0 bridgehead atoms. The van der Waals surface area contributed by atoms with Gasteiger partial charge in [0.25, 0.3) is 5.91 Å². The van der Waals surface area contributed by atoms with Crippen LogP contribution in [0.5, 0.6) is 0 Å². The first kappa shape index (κ1) is 14.9. The zero-order valence-corrected chi connectivity index (χ0v) is 12.3. The molecular weight excluding hydrogens is 268 g/mol. The number of hydrogen-bond acceptors (Lipinski definition) is 3. The number of H-pyrrole nitrogens is 1. The molecule has 0 fully saturated rings. The lowest BCUT2D eigenvalue weighted by atomic mass is 10.1. The third-order valence-electron chi connectivity index (χ3n) is 3.31. The largest absolute Gasteiger partial charge is 0.399 e. The number of nitrogens with zero attached hydrogens (tertiary/aromatic N) is 1. The van der Waals surface area contributed by atoms with Gasteiger partial charge in [0.1, 0.15) is 0 Å². The number of nitrogens with one attached hydrogen (secondary N) is 2. The second-order valence-corrected chi connectivity index (χ2v) is 4.78. The summed E-state index contributed by atoms with van der Waals surface area (Å²) in [6.45, 7) is 4.78. The van der Waals surface area contributed by atoms with Gasteiger partial charge in [-0.25, -0.2) is 0 Å². The Labute approximate surface area is 123 Å². The van der Waals surface area contributed by atoms with Crippen LogP contribution in [0.1, 0.15) is 24.2 Å². The van der Waals surface area contributed by atoms with E-state index in [1.54, 1.807) is 18.3 Å². The topological polar surface area (TPSA) is 91.2 Å². The molecule has 0 aliphatic rings. The number of aromatic amines is 1. The molecule has 6 nitrogen and oxygen atoms in total. The molecule has 21 heavy (non-hydrogen) atoms. The Morgan fingerprint density at radius 1 is 1.33 bits per heavy atom. The summed E-state index contributed by atoms with van der Waals surface area (Å²) in [4.78, 5) is 28.8. The van der Waals surface area contributed by atoms with Gasteiger partial charge < -0.3 is 20.9 Å². The van der Waals surface area contributed by atoms with Crippen LogP contribution in [0, 0.1) is 0 Å². The average Bonchev–Trinajstić information content (AvgIpc) is 2.87. The van der Waals surface area contributed by atoms with Gasteiger partial charge in [0.15, 0.2) is 0 Å². The summed E-state index contributed by atoms with van der Waals surface area (Å²) >= 11 is 0. The van der Waals surface area contributed by atoms with E-state index >= 15 is 0 Å². The van der Waals surface area contributed by atoms with E-state index in [4.69, 9.17) is 5.73 Å². The number of benzene rings is 1. The molecule has 0 saturated heterocycles. The van der Waals surface area contributed by atoms with Crippen molar-refractivity contribution < 1.29 is 9.59 Å². The van der Waals surface area contributed by atoms with Crippen molar-refractivity contribution in [2.45, 2.75) is 13.8 Å². The van der Waals surface area contributed by atoms with Crippen LogP contribution in [0.2, 0.25) is 0 Å². The molecule has 112 valence electrons. The van der Waals surface area contributed by atoms with E-state index in [-0.39, 0.29) is 18.4 Å². The van der Waals surface area contributed by atoms with E-state index in [9.17, 15) is 9.59 Å². The zero-order chi connectivity index (χ0) is 15.4. The minimum Gasteiger partial charge on any atom is -0.399 e. The van der Waals surface area contributed by atoms with Crippen LogP contribution < -0.4 is 11.1 Å². The van der Waals surface area contributed by atoms with E-state index in [2.05, 4.69) is 10.3 Å². The van der Waals surface area contributed by atoms with Gasteiger partial charge >= 0.3 is 0 Å². The predicted molar refractivity (Wildman–Crippen MR) is 83.0 cm³/mol. The van der Waals surface area contributed by atoms with Gasteiger partial charge in [0.05, 0.1) is 12.1 Å². The number of nitrogen functional groups attached to an aromatic ring is 1. The lowest BCUT2D eigenvalue weighted by molar-refractivity contribution is -0.121. The van der Waals surface area contributed by atoms with Crippen molar-refractivity contribution in [3.63, 3.8) is 0 Å². The van der Waals surface area contributed by atoms with Gasteiger partial charge in [-0.15, -0.1) is 0 Å². The van der Waals surface area contributed by atoms with E-state index < -0.39 is 0 Å². The number of fused-ring (bicyclic) bond motifs is 1. The highest BCUT2D eigenvalue weighted by Gasteiger charge is 2.20. The molecule has 0 atom stereocenters. The number of nitrogens with two attached hydrogens (primary N) is 1. The molecule has 0 aliphatic carbocycles. The van der Waals surface area contributed by atoms with E-state index in [0.717, 1.165) is 10.9 Å². The Morgan fingerprint density at radius 2 is 2.10 bits per heavy atom. The molecule has 2 aromatic rings. The Morgan fingerprint density at radius 3 is 2.76 bits per heavy atom. The molecule has 2 rings (SSSR count). The number of carbonyl (C=O) groups excluding carboxylic acids is 2. The number of aromatic nitrogens is 1. The van der Waals surface area contributed by atoms with Crippen LogP contribution in [-0.4, -0.2) is 41.3 Å². The first-order chi connectivity index (χ1) is 10.1. The normalized spacial score (nSPS) is 10.6. The quantitative estimate of drug-likeness (QED) is 0.725. The van der Waals surface area contributed by atoms with E-state index in [1.807, 2.05) is 19.9 Å². The van der Waals surface area contributed by atoms with Crippen LogP contribution in [0.3, 0.4) is 0 Å². The van der Waals surface area contributed by atoms with Gasteiger partial charge in [-0.2, -0.15) is 0 Å². The minimum absolute atomic E-state index is 0.0603. The van der Waals surface area contributed by atoms with Crippen molar-refractivity contribution >= 4 is 28.4 Å². The molecule has 0 spiro atoms. The molecule has 1 aromatic heterocycles. The average molecular weight is 288 g/mol. The number of carbonyl (C=O) groups is 2. The van der Waals surface area contributed by atoms with Crippen molar-refractivity contribution in [1.29, 1.82) is 0 Å². The van der Waals surface area contributed by atoms with Crippen LogP contribution in [-0.2, 0) is 4.79 Å². The van der Waals surface area contributed by atoms with Crippen molar-refractivity contribution in [1.82, 2.24) is 15.2 Å². The number of hydrogen-bond donors (Lipinski definition) is 3. The van der Waals surface area contributed by atoms with Crippen LogP contribution in [0.25, 0.3) is 10.9 Å². The Hall–Kier alpha value is -2.50. The summed E-state index contributed by atoms with van der Waals surface area (Å²) in [5.74, 6) is -0.323. The third-order valence-corrected chi connectivity index (χ3v) is 3.31. The summed E-state index contributed by atoms with van der Waals surface area (Å²) in [5, 5.41) is 3.51. The second kappa shape index (κ2) is 6.30. The maximum atomic E-state index is 12.6. The van der Waals surface area contributed by atoms with E-state index in [0.29, 0.717) is 24.3 Å². The summed E-state index contributed by atoms with van der Waals surface area (Å²) in [7, 11) is 0. The smallest absolute Gasteiger partial charge is 0.256 e. The van der Waals surface area contributed by atoms with Crippen molar-refractivity contribution in [2.75, 3.05) is 25.4 Å². The highest BCUT2D eigenvalue weighted by Crippen LogP contribution is 2.21. The monoisotopic (exact) mass is 288 g/mol. The second-order valence-electron chi connectivity index (χ2n) is 4.78. The van der Waals surface area contributed by atoms with Gasteiger partial charge in [-0.1, -0.05) is 0 Å². The Bertz CT molecular complexity index is 663. The first-order valence-electron chi connectivity index (χ1n) is 6.99. The molecule has 0 saturated carbocycles. The van der Waals surface area contributed by atoms with Crippen LogP contribution >= 0.6 is 0 Å². The third kappa shape index (κ3) is 3.16. The maximum Gasteiger partial charge on any atom is 0.256 e. The summed E-state index contributed by atoms with van der Waals surface area (Å²) in [6.07, 6.45) is 1.66. The molecule has 0 aliphatic heterocycles. The summed E-state index contributed by atoms with van der Waals surface area (Å²) in [5.41, 5.74) is 7.73. The van der Waals surface area contributed by atoms with Gasteiger partial charge in [0.2, 0.25) is 5.91 Å². The van der Waals surface area contributed by atoms with E-state index in [1.165, 1.54) is 4.90 Å². The number of amides is 2. The summed E-state index contributed by atoms with van der Waals surface area (Å²) in [6, 6.07) is 5.35. The van der Waals surface area contributed by atoms with Gasteiger partial charge in [-0.05, 0) is 32.0 Å². The van der Waals surface area contributed by atoms with Crippen molar-refractivity contribution in [3.05, 3.63) is 30.0 Å². The minimum atomic E-state index is -0.167. The number of anilines is 1. The van der Waals surface area contributed by atoms with Crippen LogP contribution in [0.4, 0.5) is 5.69 Å². The maximum absolute atomic E-state index is 12.6. The summed E-state index contributed by atoms with van der Waals surface area (Å²) < 4.78 is 0. The molecule has 0 radical (unpaired) electrons. The zero-order valence-electron chi connectivity index (χ0n) is 12.3. The standard InChI is InChI=1S/C15H20N4O2/c1-3-17-14(20)9-19(4-2)15(21)12-8-18-13-7-10(16)5-6-11(12)13/h5-8,18H,3-4,9,16H2,1-2H3,(H,17,20). The highest BCUT2D eigenvalue weighted by atomic mass is 16.2. The molecular formula is C15H20N4O2. The molecule has 1 aromatic carbocycles. The molecule has 2 amide bonds. The number of likely N-dealkylation sites (N-methyl/N-ethyl adjacent to an activating group) is 2. The van der Waals surface area contributed by atoms with Gasteiger partial charge in [0, 0.05) is 35.9 Å². The molecule has 0 unspecified atom stereocenters. The first-order valence-corrected chi connectivity index (χ1v) is 6.99. The SMILES string of the molecule is CCNC(=O)CN(CC)C(=O)c1c[nH]c2cc(N)ccc12. The molecule has 6 heteroatoms. The fourth-order valence-corrected chi connectivity index (χ4v) is 2.24. The van der Waals surface area contributed by atoms with Crippen molar-refractivity contribution in [2.24, 2.45) is 0 Å².